The van der Waals surface area contributed by atoms with Crippen LogP contribution in [0, 0.1) is 11.3 Å². The molecule has 2 heterocycles. The molecule has 4 aromatic rings. The molecule has 10 heteroatoms. The molecule has 0 fully saturated rings. The van der Waals surface area contributed by atoms with Gasteiger partial charge < -0.3 is 19.4 Å². The van der Waals surface area contributed by atoms with Crippen molar-refractivity contribution in [1.29, 1.82) is 5.26 Å². The van der Waals surface area contributed by atoms with Crippen LogP contribution in [0.3, 0.4) is 0 Å². The second-order valence-corrected chi connectivity index (χ2v) is 11.2. The minimum atomic E-state index is -3.92. The van der Waals surface area contributed by atoms with Gasteiger partial charge in [0.2, 0.25) is 10.0 Å². The molecule has 5 rings (SSSR count). The predicted octanol–water partition coefficient (Wildman–Crippen LogP) is 4.12. The highest BCUT2D eigenvalue weighted by Gasteiger charge is 2.37. The number of aromatic amines is 1. The van der Waals surface area contributed by atoms with E-state index in [2.05, 4.69) is 20.9 Å². The maximum atomic E-state index is 14.2. The highest BCUT2D eigenvalue weighted by Crippen LogP contribution is 2.36. The summed E-state index contributed by atoms with van der Waals surface area (Å²) in [4.78, 5) is 9.62. The Hall–Kier alpha value is -4.33. The van der Waals surface area contributed by atoms with Gasteiger partial charge in [0, 0.05) is 36.6 Å². The highest BCUT2D eigenvalue weighted by molar-refractivity contribution is 7.89. The normalized spacial score (nSPS) is 15.0. The fraction of sp³-hybridized carbons (Fsp3) is 0.241. The largest absolute Gasteiger partial charge is 0.493 e. The number of nitrogens with zero attached hydrogens (tertiary/aromatic N) is 4. The van der Waals surface area contributed by atoms with E-state index in [0.29, 0.717) is 42.1 Å². The van der Waals surface area contributed by atoms with E-state index in [1.54, 1.807) is 73.5 Å². The first-order valence-electron chi connectivity index (χ1n) is 12.5. The van der Waals surface area contributed by atoms with Gasteiger partial charge in [0.1, 0.15) is 0 Å². The number of benzene rings is 3. The lowest BCUT2D eigenvalue weighted by molar-refractivity contribution is 0.294. The quantitative estimate of drug-likeness (QED) is 0.338. The van der Waals surface area contributed by atoms with E-state index < -0.39 is 16.1 Å². The molecule has 1 aromatic heterocycles. The Morgan fingerprint density at radius 2 is 1.92 bits per heavy atom. The van der Waals surface area contributed by atoms with Gasteiger partial charge in [0.05, 0.1) is 49.3 Å². The Balaban J connectivity index is 1.61. The number of imidazole rings is 1. The van der Waals surface area contributed by atoms with Crippen molar-refractivity contribution < 1.29 is 17.9 Å². The van der Waals surface area contributed by atoms with Crippen molar-refractivity contribution in [3.8, 4) is 17.6 Å². The third-order valence-electron chi connectivity index (χ3n) is 6.92. The molecule has 1 N–H and O–H groups in total. The molecule has 39 heavy (non-hydrogen) atoms. The maximum Gasteiger partial charge on any atom is 0.243 e. The van der Waals surface area contributed by atoms with Gasteiger partial charge in [-0.05, 0) is 48.4 Å². The number of para-hydroxylation sites is 1. The summed E-state index contributed by atoms with van der Waals surface area (Å²) in [7, 11) is -0.823. The van der Waals surface area contributed by atoms with E-state index in [0.717, 1.165) is 16.9 Å². The second kappa shape index (κ2) is 11.2. The first kappa shape index (κ1) is 26.3. The summed E-state index contributed by atoms with van der Waals surface area (Å²) in [5, 5.41) is 9.56. The highest BCUT2D eigenvalue weighted by atomic mass is 32.2. The second-order valence-electron chi connectivity index (χ2n) is 9.29. The van der Waals surface area contributed by atoms with Gasteiger partial charge >= 0.3 is 0 Å². The summed E-state index contributed by atoms with van der Waals surface area (Å²) < 4.78 is 41.1. The van der Waals surface area contributed by atoms with E-state index in [9.17, 15) is 13.7 Å². The molecule has 1 unspecified atom stereocenters. The van der Waals surface area contributed by atoms with E-state index in [1.807, 2.05) is 24.3 Å². The number of ether oxygens (including phenoxy) is 2. The zero-order valence-corrected chi connectivity index (χ0v) is 22.6. The van der Waals surface area contributed by atoms with Crippen LogP contribution in [0.2, 0.25) is 0 Å². The molecule has 200 valence electrons. The molecule has 0 saturated carbocycles. The standard InChI is InChI=1S/C29H29N5O4S/c1-37-28-10-6-7-22(29(28)38-2)17-34(39(35,36)26-8-4-3-5-9-26)25-14-23-13-21(15-30)11-12-27(23)33(19-25)18-24-16-31-20-32-24/h3-13,16,20,25H,14,17-19H2,1-2H3,(H,31,32). The minimum Gasteiger partial charge on any atom is -0.493 e. The van der Waals surface area contributed by atoms with Crippen LogP contribution in [-0.4, -0.2) is 49.5 Å². The van der Waals surface area contributed by atoms with Crippen molar-refractivity contribution in [2.24, 2.45) is 0 Å². The average molecular weight is 544 g/mol. The van der Waals surface area contributed by atoms with Crippen LogP contribution >= 0.6 is 0 Å². The molecule has 0 saturated heterocycles. The number of hydrogen-bond acceptors (Lipinski definition) is 7. The van der Waals surface area contributed by atoms with Crippen molar-refractivity contribution in [3.05, 3.63) is 102 Å². The number of methoxy groups -OCH3 is 2. The lowest BCUT2D eigenvalue weighted by Crippen LogP contribution is -2.50. The Morgan fingerprint density at radius 1 is 1.10 bits per heavy atom. The fourth-order valence-corrected chi connectivity index (χ4v) is 6.72. The average Bonchev–Trinajstić information content (AvgIpc) is 3.48. The first-order valence-corrected chi connectivity index (χ1v) is 13.9. The van der Waals surface area contributed by atoms with Crippen molar-refractivity contribution >= 4 is 15.7 Å². The summed E-state index contributed by atoms with van der Waals surface area (Å²) in [6.45, 7) is 1.03. The van der Waals surface area contributed by atoms with E-state index in [4.69, 9.17) is 9.47 Å². The van der Waals surface area contributed by atoms with Gasteiger partial charge in [-0.2, -0.15) is 9.57 Å². The van der Waals surface area contributed by atoms with Gasteiger partial charge in [0.25, 0.3) is 0 Å². The molecular formula is C29H29N5O4S. The molecule has 0 aliphatic carbocycles. The summed E-state index contributed by atoms with van der Waals surface area (Å²) in [6.07, 6.45) is 3.83. The number of rotatable bonds is 9. The molecule has 0 bridgehead atoms. The van der Waals surface area contributed by atoms with Gasteiger partial charge in [-0.25, -0.2) is 13.4 Å². The third-order valence-corrected chi connectivity index (χ3v) is 8.83. The number of H-pyrrole nitrogens is 1. The maximum absolute atomic E-state index is 14.2. The van der Waals surface area contributed by atoms with Crippen molar-refractivity contribution in [3.63, 3.8) is 0 Å². The minimum absolute atomic E-state index is 0.0768. The number of nitriles is 1. The number of anilines is 1. The van der Waals surface area contributed by atoms with Crippen LogP contribution < -0.4 is 14.4 Å². The molecule has 0 spiro atoms. The zero-order chi connectivity index (χ0) is 27.4. The van der Waals surface area contributed by atoms with E-state index >= 15 is 0 Å². The Kier molecular flexibility index (Phi) is 7.54. The molecule has 0 amide bonds. The molecule has 9 nitrogen and oxygen atoms in total. The smallest absolute Gasteiger partial charge is 0.243 e. The van der Waals surface area contributed by atoms with Gasteiger partial charge in [-0.1, -0.05) is 30.3 Å². The molecule has 0 radical (unpaired) electrons. The SMILES string of the molecule is COc1cccc(CN(C2Cc3cc(C#N)ccc3N(Cc3cnc[nH]3)C2)S(=O)(=O)c2ccccc2)c1OC. The number of aromatic nitrogens is 2. The lowest BCUT2D eigenvalue weighted by atomic mass is 9.95. The Bertz CT molecular complexity index is 1580. The Morgan fingerprint density at radius 3 is 2.62 bits per heavy atom. The van der Waals surface area contributed by atoms with Crippen LogP contribution in [0.5, 0.6) is 11.5 Å². The van der Waals surface area contributed by atoms with Crippen molar-refractivity contribution in [2.75, 3.05) is 25.7 Å². The van der Waals surface area contributed by atoms with Crippen molar-refractivity contribution in [2.45, 2.75) is 30.4 Å². The topological polar surface area (TPSA) is 112 Å². The van der Waals surface area contributed by atoms with Gasteiger partial charge in [-0.3, -0.25) is 0 Å². The van der Waals surface area contributed by atoms with Gasteiger partial charge in [-0.15, -0.1) is 0 Å². The summed E-state index contributed by atoms with van der Waals surface area (Å²) in [6, 6.07) is 21.2. The van der Waals surface area contributed by atoms with Crippen LogP contribution in [0.25, 0.3) is 0 Å². The third kappa shape index (κ3) is 5.32. The first-order chi connectivity index (χ1) is 18.9. The number of fused-ring (bicyclic) bond motifs is 1. The van der Waals surface area contributed by atoms with Crippen LogP contribution in [0.4, 0.5) is 5.69 Å². The monoisotopic (exact) mass is 543 g/mol. The number of hydrogen-bond donors (Lipinski definition) is 1. The van der Waals surface area contributed by atoms with Crippen LogP contribution in [-0.2, 0) is 29.5 Å². The predicted molar refractivity (Wildman–Crippen MR) is 147 cm³/mol. The Labute approximate surface area is 228 Å². The molecule has 1 aliphatic rings. The molecule has 1 aliphatic heterocycles. The van der Waals surface area contributed by atoms with E-state index in [1.165, 1.54) is 0 Å². The van der Waals surface area contributed by atoms with Crippen molar-refractivity contribution in [1.82, 2.24) is 14.3 Å². The molecule has 1 atom stereocenters. The number of nitrogens with one attached hydrogen (secondary N) is 1. The molecular weight excluding hydrogens is 514 g/mol. The lowest BCUT2D eigenvalue weighted by Gasteiger charge is -2.41. The molecule has 3 aromatic carbocycles. The zero-order valence-electron chi connectivity index (χ0n) is 21.7. The fourth-order valence-electron chi connectivity index (χ4n) is 5.10. The van der Waals surface area contributed by atoms with Gasteiger partial charge in [0.15, 0.2) is 11.5 Å². The number of sulfonamides is 1. The van der Waals surface area contributed by atoms with E-state index in [-0.39, 0.29) is 11.4 Å². The summed E-state index contributed by atoms with van der Waals surface area (Å²) >= 11 is 0. The van der Waals surface area contributed by atoms with Crippen LogP contribution in [0.1, 0.15) is 22.4 Å². The summed E-state index contributed by atoms with van der Waals surface area (Å²) in [5.41, 5.74) is 4.00. The summed E-state index contributed by atoms with van der Waals surface area (Å²) in [5.74, 6) is 1.02. The van der Waals surface area contributed by atoms with Crippen LogP contribution in [0.15, 0.2) is 84.1 Å².